The summed E-state index contributed by atoms with van der Waals surface area (Å²) in [4.78, 5) is 25.5. The lowest BCUT2D eigenvalue weighted by Gasteiger charge is -2.30. The summed E-state index contributed by atoms with van der Waals surface area (Å²) < 4.78 is 4.76. The highest BCUT2D eigenvalue weighted by Crippen LogP contribution is 2.20. The molecule has 4 nitrogen and oxygen atoms in total. The van der Waals surface area contributed by atoms with Crippen LogP contribution in [0.3, 0.4) is 0 Å². The molecule has 0 saturated carbocycles. The molecule has 0 aromatic heterocycles. The van der Waals surface area contributed by atoms with E-state index in [9.17, 15) is 9.59 Å². The molecular formula is C17H23NO3S. The largest absolute Gasteiger partial charge is 0.469 e. The molecule has 0 aliphatic carbocycles. The van der Waals surface area contributed by atoms with Crippen LogP contribution in [0.1, 0.15) is 24.8 Å². The first-order valence-electron chi connectivity index (χ1n) is 7.68. The van der Waals surface area contributed by atoms with E-state index in [-0.39, 0.29) is 17.8 Å². The summed E-state index contributed by atoms with van der Waals surface area (Å²) in [6.07, 6.45) is 2.01. The third-order valence-electron chi connectivity index (χ3n) is 3.95. The number of benzene rings is 1. The molecule has 1 aliphatic rings. The standard InChI is InChI=1S/C17H23NO3S/c1-21-17(20)15-7-10-18(11-8-15)16(19)9-12-22-13-14-5-3-2-4-6-14/h2-6,15H,7-13H2,1H3. The molecule has 1 saturated heterocycles. The Kier molecular flexibility index (Phi) is 6.77. The first-order valence-corrected chi connectivity index (χ1v) is 8.83. The van der Waals surface area contributed by atoms with Crippen LogP contribution in [0, 0.1) is 5.92 Å². The van der Waals surface area contributed by atoms with Gasteiger partial charge in [0.25, 0.3) is 0 Å². The molecular weight excluding hydrogens is 298 g/mol. The van der Waals surface area contributed by atoms with Crippen molar-refractivity contribution in [1.82, 2.24) is 4.90 Å². The highest BCUT2D eigenvalue weighted by atomic mass is 32.2. The Morgan fingerprint density at radius 1 is 1.23 bits per heavy atom. The minimum atomic E-state index is -0.148. The molecule has 120 valence electrons. The Bertz CT molecular complexity index is 484. The van der Waals surface area contributed by atoms with E-state index in [0.717, 1.165) is 24.3 Å². The Balaban J connectivity index is 1.63. The summed E-state index contributed by atoms with van der Waals surface area (Å²) in [7, 11) is 1.42. The average molecular weight is 321 g/mol. The van der Waals surface area contributed by atoms with Crippen molar-refractivity contribution in [3.63, 3.8) is 0 Å². The van der Waals surface area contributed by atoms with Gasteiger partial charge in [-0.05, 0) is 18.4 Å². The fourth-order valence-electron chi connectivity index (χ4n) is 2.61. The van der Waals surface area contributed by atoms with E-state index in [0.29, 0.717) is 19.5 Å². The fourth-order valence-corrected chi connectivity index (χ4v) is 3.50. The van der Waals surface area contributed by atoms with Crippen LogP contribution in [-0.4, -0.2) is 42.7 Å². The third kappa shape index (κ3) is 5.05. The van der Waals surface area contributed by atoms with Crippen molar-refractivity contribution in [2.75, 3.05) is 26.0 Å². The molecule has 0 atom stereocenters. The van der Waals surface area contributed by atoms with Gasteiger partial charge in [0.05, 0.1) is 13.0 Å². The van der Waals surface area contributed by atoms with E-state index in [4.69, 9.17) is 4.74 Å². The smallest absolute Gasteiger partial charge is 0.308 e. The number of esters is 1. The maximum Gasteiger partial charge on any atom is 0.308 e. The monoisotopic (exact) mass is 321 g/mol. The van der Waals surface area contributed by atoms with Crippen LogP contribution in [-0.2, 0) is 20.1 Å². The van der Waals surface area contributed by atoms with Crippen molar-refractivity contribution in [3.05, 3.63) is 35.9 Å². The van der Waals surface area contributed by atoms with Crippen LogP contribution >= 0.6 is 11.8 Å². The van der Waals surface area contributed by atoms with Gasteiger partial charge >= 0.3 is 5.97 Å². The van der Waals surface area contributed by atoms with E-state index in [1.165, 1.54) is 12.7 Å². The van der Waals surface area contributed by atoms with Crippen molar-refractivity contribution in [2.24, 2.45) is 5.92 Å². The van der Waals surface area contributed by atoms with Gasteiger partial charge in [0.1, 0.15) is 0 Å². The number of methoxy groups -OCH3 is 1. The highest BCUT2D eigenvalue weighted by Gasteiger charge is 2.27. The summed E-state index contributed by atoms with van der Waals surface area (Å²) in [5.74, 6) is 1.79. The van der Waals surface area contributed by atoms with Gasteiger partial charge < -0.3 is 9.64 Å². The first-order chi connectivity index (χ1) is 10.7. The molecule has 1 heterocycles. The quantitative estimate of drug-likeness (QED) is 0.597. The first kappa shape index (κ1) is 16.9. The zero-order valence-electron chi connectivity index (χ0n) is 13.0. The number of likely N-dealkylation sites (tertiary alicyclic amines) is 1. The van der Waals surface area contributed by atoms with Gasteiger partial charge in [-0.1, -0.05) is 30.3 Å². The molecule has 1 aliphatic heterocycles. The zero-order chi connectivity index (χ0) is 15.8. The number of rotatable bonds is 6. The molecule has 1 aromatic carbocycles. The molecule has 1 fully saturated rings. The molecule has 0 N–H and O–H groups in total. The molecule has 22 heavy (non-hydrogen) atoms. The third-order valence-corrected chi connectivity index (χ3v) is 4.98. The number of hydrogen-bond donors (Lipinski definition) is 0. The molecule has 2 rings (SSSR count). The lowest BCUT2D eigenvalue weighted by molar-refractivity contribution is -0.148. The van der Waals surface area contributed by atoms with Crippen molar-refractivity contribution in [3.8, 4) is 0 Å². The van der Waals surface area contributed by atoms with Gasteiger partial charge in [-0.2, -0.15) is 11.8 Å². The molecule has 0 spiro atoms. The minimum absolute atomic E-state index is 0.0403. The second-order valence-electron chi connectivity index (χ2n) is 5.47. The van der Waals surface area contributed by atoms with Crippen molar-refractivity contribution >= 4 is 23.6 Å². The number of piperidine rings is 1. The van der Waals surface area contributed by atoms with Gasteiger partial charge in [-0.15, -0.1) is 0 Å². The Morgan fingerprint density at radius 2 is 1.91 bits per heavy atom. The maximum atomic E-state index is 12.2. The lowest BCUT2D eigenvalue weighted by atomic mass is 9.97. The van der Waals surface area contributed by atoms with Gasteiger partial charge in [-0.25, -0.2) is 0 Å². The van der Waals surface area contributed by atoms with Crippen LogP contribution in [0.5, 0.6) is 0 Å². The Morgan fingerprint density at radius 3 is 2.55 bits per heavy atom. The second kappa shape index (κ2) is 8.83. The molecule has 0 unspecified atom stereocenters. The van der Waals surface area contributed by atoms with Gasteiger partial charge in [0, 0.05) is 31.0 Å². The summed E-state index contributed by atoms with van der Waals surface area (Å²) in [5.41, 5.74) is 1.29. The predicted octanol–water partition coefficient (Wildman–Crippen LogP) is 2.72. The lowest BCUT2D eigenvalue weighted by Crippen LogP contribution is -2.40. The van der Waals surface area contributed by atoms with E-state index in [1.54, 1.807) is 11.8 Å². The molecule has 5 heteroatoms. The van der Waals surface area contributed by atoms with E-state index in [2.05, 4.69) is 12.1 Å². The van der Waals surface area contributed by atoms with Crippen LogP contribution < -0.4 is 0 Å². The zero-order valence-corrected chi connectivity index (χ0v) is 13.8. The summed E-state index contributed by atoms with van der Waals surface area (Å²) in [5, 5.41) is 0. The summed E-state index contributed by atoms with van der Waals surface area (Å²) >= 11 is 1.79. The van der Waals surface area contributed by atoms with Gasteiger partial charge in [0.15, 0.2) is 0 Å². The highest BCUT2D eigenvalue weighted by molar-refractivity contribution is 7.98. The van der Waals surface area contributed by atoms with Gasteiger partial charge in [0.2, 0.25) is 5.91 Å². The van der Waals surface area contributed by atoms with Crippen LogP contribution in [0.25, 0.3) is 0 Å². The normalized spacial score (nSPS) is 15.6. The van der Waals surface area contributed by atoms with E-state index >= 15 is 0 Å². The number of amides is 1. The number of nitrogens with zero attached hydrogens (tertiary/aromatic N) is 1. The average Bonchev–Trinajstić information content (AvgIpc) is 2.59. The Labute approximate surface area is 136 Å². The van der Waals surface area contributed by atoms with Crippen LogP contribution in [0.4, 0.5) is 0 Å². The molecule has 0 radical (unpaired) electrons. The fraction of sp³-hybridized carbons (Fsp3) is 0.529. The van der Waals surface area contributed by atoms with Crippen molar-refractivity contribution in [2.45, 2.75) is 25.0 Å². The van der Waals surface area contributed by atoms with Gasteiger partial charge in [-0.3, -0.25) is 9.59 Å². The van der Waals surface area contributed by atoms with Crippen LogP contribution in [0.2, 0.25) is 0 Å². The number of thioether (sulfide) groups is 1. The number of carbonyl (C=O) groups excluding carboxylic acids is 2. The molecule has 1 aromatic rings. The Hall–Kier alpha value is -1.49. The molecule has 0 bridgehead atoms. The van der Waals surface area contributed by atoms with E-state index in [1.807, 2.05) is 23.1 Å². The number of carbonyl (C=O) groups is 2. The van der Waals surface area contributed by atoms with E-state index < -0.39 is 0 Å². The number of ether oxygens (including phenoxy) is 1. The second-order valence-corrected chi connectivity index (χ2v) is 6.57. The summed E-state index contributed by atoms with van der Waals surface area (Å²) in [6.45, 7) is 1.34. The predicted molar refractivity (Wildman–Crippen MR) is 88.5 cm³/mol. The topological polar surface area (TPSA) is 46.6 Å². The van der Waals surface area contributed by atoms with Crippen LogP contribution in [0.15, 0.2) is 30.3 Å². The van der Waals surface area contributed by atoms with Crippen molar-refractivity contribution in [1.29, 1.82) is 0 Å². The number of hydrogen-bond acceptors (Lipinski definition) is 4. The van der Waals surface area contributed by atoms with Crippen molar-refractivity contribution < 1.29 is 14.3 Å². The molecule has 1 amide bonds. The summed E-state index contributed by atoms with van der Waals surface area (Å²) in [6, 6.07) is 10.3. The maximum absolute atomic E-state index is 12.2. The minimum Gasteiger partial charge on any atom is -0.469 e. The SMILES string of the molecule is COC(=O)C1CCN(C(=O)CCSCc2ccccc2)CC1.